The SMILES string of the molecule is COc1ccc(CCC(=O)NNC(=O)c2ccc(Br)cc2)cc1OC. The average molecular weight is 407 g/mol. The zero-order valence-corrected chi connectivity index (χ0v) is 15.6. The maximum absolute atomic E-state index is 11.9. The molecule has 0 aliphatic heterocycles. The van der Waals surface area contributed by atoms with Crippen LogP contribution in [0.5, 0.6) is 11.5 Å². The van der Waals surface area contributed by atoms with E-state index < -0.39 is 0 Å². The molecule has 132 valence electrons. The number of hydrazine groups is 1. The number of amides is 2. The van der Waals surface area contributed by atoms with Crippen LogP contribution in [0.3, 0.4) is 0 Å². The molecular weight excluding hydrogens is 388 g/mol. The maximum Gasteiger partial charge on any atom is 0.269 e. The zero-order valence-electron chi connectivity index (χ0n) is 14.0. The number of hydrogen-bond acceptors (Lipinski definition) is 4. The lowest BCUT2D eigenvalue weighted by Crippen LogP contribution is -2.41. The van der Waals surface area contributed by atoms with E-state index in [0.717, 1.165) is 10.0 Å². The summed E-state index contributed by atoms with van der Waals surface area (Å²) in [5.41, 5.74) is 6.21. The summed E-state index contributed by atoms with van der Waals surface area (Å²) in [7, 11) is 3.13. The van der Waals surface area contributed by atoms with Gasteiger partial charge in [-0.05, 0) is 48.4 Å². The number of benzene rings is 2. The Balaban J connectivity index is 1.82. The molecule has 2 amide bonds. The minimum Gasteiger partial charge on any atom is -0.493 e. The maximum atomic E-state index is 11.9. The van der Waals surface area contributed by atoms with Crippen molar-refractivity contribution in [1.29, 1.82) is 0 Å². The molecule has 0 aliphatic carbocycles. The van der Waals surface area contributed by atoms with Crippen molar-refractivity contribution in [2.75, 3.05) is 14.2 Å². The summed E-state index contributed by atoms with van der Waals surface area (Å²) in [6.45, 7) is 0. The van der Waals surface area contributed by atoms with Crippen molar-refractivity contribution in [3.05, 3.63) is 58.1 Å². The highest BCUT2D eigenvalue weighted by atomic mass is 79.9. The minimum absolute atomic E-state index is 0.232. The third-order valence-electron chi connectivity index (χ3n) is 3.51. The van der Waals surface area contributed by atoms with Gasteiger partial charge in [0.25, 0.3) is 5.91 Å². The number of hydrogen-bond donors (Lipinski definition) is 2. The normalized spacial score (nSPS) is 10.0. The molecule has 0 spiro atoms. The van der Waals surface area contributed by atoms with Crippen molar-refractivity contribution in [2.45, 2.75) is 12.8 Å². The van der Waals surface area contributed by atoms with Crippen LogP contribution in [0.15, 0.2) is 46.9 Å². The highest BCUT2D eigenvalue weighted by molar-refractivity contribution is 9.10. The Labute approximate surface area is 154 Å². The van der Waals surface area contributed by atoms with E-state index in [-0.39, 0.29) is 18.2 Å². The second kappa shape index (κ2) is 9.08. The quantitative estimate of drug-likeness (QED) is 0.723. The molecule has 7 heteroatoms. The molecule has 0 aromatic heterocycles. The number of ether oxygens (including phenoxy) is 2. The summed E-state index contributed by atoms with van der Waals surface area (Å²) < 4.78 is 11.3. The van der Waals surface area contributed by atoms with Gasteiger partial charge in [-0.1, -0.05) is 22.0 Å². The number of halogens is 1. The molecule has 0 atom stereocenters. The van der Waals surface area contributed by atoms with Gasteiger partial charge in [0.05, 0.1) is 14.2 Å². The fraction of sp³-hybridized carbons (Fsp3) is 0.222. The first-order chi connectivity index (χ1) is 12.0. The second-order valence-electron chi connectivity index (χ2n) is 5.20. The Hall–Kier alpha value is -2.54. The van der Waals surface area contributed by atoms with Crippen LogP contribution in [0.4, 0.5) is 0 Å². The third kappa shape index (κ3) is 5.49. The standard InChI is InChI=1S/C18H19BrN2O4/c1-24-15-9-3-12(11-16(15)25-2)4-10-17(22)20-21-18(23)13-5-7-14(19)8-6-13/h3,5-9,11H,4,10H2,1-2H3,(H,20,22)(H,21,23). The van der Waals surface area contributed by atoms with E-state index in [1.165, 1.54) is 0 Å². The molecule has 0 unspecified atom stereocenters. The van der Waals surface area contributed by atoms with Crippen molar-refractivity contribution in [2.24, 2.45) is 0 Å². The Kier molecular flexibility index (Phi) is 6.82. The van der Waals surface area contributed by atoms with Gasteiger partial charge in [0.2, 0.25) is 5.91 Å². The van der Waals surface area contributed by atoms with Gasteiger partial charge in [-0.15, -0.1) is 0 Å². The number of carbonyl (C=O) groups is 2. The molecule has 0 fully saturated rings. The number of aryl methyl sites for hydroxylation is 1. The van der Waals surface area contributed by atoms with Crippen LogP contribution >= 0.6 is 15.9 Å². The molecule has 2 rings (SSSR count). The lowest BCUT2D eigenvalue weighted by atomic mass is 10.1. The van der Waals surface area contributed by atoms with Crippen molar-refractivity contribution >= 4 is 27.7 Å². The van der Waals surface area contributed by atoms with Crippen LogP contribution in [-0.2, 0) is 11.2 Å². The highest BCUT2D eigenvalue weighted by Gasteiger charge is 2.09. The van der Waals surface area contributed by atoms with E-state index in [1.54, 1.807) is 44.6 Å². The summed E-state index contributed by atoms with van der Waals surface area (Å²) in [5.74, 6) is 0.605. The van der Waals surface area contributed by atoms with Gasteiger partial charge in [0, 0.05) is 16.5 Å². The first-order valence-corrected chi connectivity index (χ1v) is 8.38. The van der Waals surface area contributed by atoms with Gasteiger partial charge in [0.15, 0.2) is 11.5 Å². The van der Waals surface area contributed by atoms with Gasteiger partial charge in [-0.25, -0.2) is 0 Å². The number of rotatable bonds is 6. The van der Waals surface area contributed by atoms with Gasteiger partial charge in [-0.2, -0.15) is 0 Å². The molecule has 0 radical (unpaired) electrons. The first-order valence-electron chi connectivity index (χ1n) is 7.59. The second-order valence-corrected chi connectivity index (χ2v) is 6.11. The topological polar surface area (TPSA) is 76.7 Å². The fourth-order valence-electron chi connectivity index (χ4n) is 2.16. The third-order valence-corrected chi connectivity index (χ3v) is 4.04. The van der Waals surface area contributed by atoms with Crippen molar-refractivity contribution in [1.82, 2.24) is 10.9 Å². The molecular formula is C18H19BrN2O4. The van der Waals surface area contributed by atoms with Crippen molar-refractivity contribution in [3.8, 4) is 11.5 Å². The van der Waals surface area contributed by atoms with E-state index >= 15 is 0 Å². The Morgan fingerprint density at radius 1 is 0.960 bits per heavy atom. The zero-order chi connectivity index (χ0) is 18.2. The highest BCUT2D eigenvalue weighted by Crippen LogP contribution is 2.27. The molecule has 0 heterocycles. The van der Waals surface area contributed by atoms with Crippen LogP contribution in [0, 0.1) is 0 Å². The van der Waals surface area contributed by atoms with Crippen LogP contribution in [-0.4, -0.2) is 26.0 Å². The lowest BCUT2D eigenvalue weighted by Gasteiger charge is -2.10. The predicted octanol–water partition coefficient (Wildman–Crippen LogP) is 2.86. The number of nitrogens with one attached hydrogen (secondary N) is 2. The summed E-state index contributed by atoms with van der Waals surface area (Å²) in [4.78, 5) is 23.8. The monoisotopic (exact) mass is 406 g/mol. The van der Waals surface area contributed by atoms with Gasteiger partial charge >= 0.3 is 0 Å². The van der Waals surface area contributed by atoms with E-state index in [2.05, 4.69) is 26.8 Å². The van der Waals surface area contributed by atoms with E-state index in [9.17, 15) is 9.59 Å². The molecule has 0 aliphatic rings. The van der Waals surface area contributed by atoms with Gasteiger partial charge in [0.1, 0.15) is 0 Å². The van der Waals surface area contributed by atoms with E-state index in [4.69, 9.17) is 9.47 Å². The summed E-state index contributed by atoms with van der Waals surface area (Å²) >= 11 is 3.30. The van der Waals surface area contributed by atoms with Gasteiger partial charge < -0.3 is 9.47 Å². The molecule has 25 heavy (non-hydrogen) atoms. The minimum atomic E-state index is -0.369. The fourth-order valence-corrected chi connectivity index (χ4v) is 2.42. The molecule has 0 saturated carbocycles. The first kappa shape index (κ1) is 18.8. The van der Waals surface area contributed by atoms with Crippen LogP contribution in [0.25, 0.3) is 0 Å². The average Bonchev–Trinajstić information content (AvgIpc) is 2.64. The summed E-state index contributed by atoms with van der Waals surface area (Å²) in [6, 6.07) is 12.3. The van der Waals surface area contributed by atoms with Crippen LogP contribution in [0.1, 0.15) is 22.3 Å². The molecule has 0 bridgehead atoms. The van der Waals surface area contributed by atoms with Crippen molar-refractivity contribution in [3.63, 3.8) is 0 Å². The van der Waals surface area contributed by atoms with Crippen LogP contribution in [0.2, 0.25) is 0 Å². The molecule has 2 N–H and O–H groups in total. The molecule has 2 aromatic rings. The Morgan fingerprint density at radius 2 is 1.64 bits per heavy atom. The van der Waals surface area contributed by atoms with Crippen LogP contribution < -0.4 is 20.3 Å². The lowest BCUT2D eigenvalue weighted by molar-refractivity contribution is -0.121. The number of carbonyl (C=O) groups excluding carboxylic acids is 2. The smallest absolute Gasteiger partial charge is 0.269 e. The number of methoxy groups -OCH3 is 2. The Morgan fingerprint density at radius 3 is 2.28 bits per heavy atom. The van der Waals surface area contributed by atoms with Gasteiger partial charge in [-0.3, -0.25) is 20.4 Å². The summed E-state index contributed by atoms with van der Waals surface area (Å²) in [6.07, 6.45) is 0.746. The molecule has 6 nitrogen and oxygen atoms in total. The predicted molar refractivity (Wildman–Crippen MR) is 97.6 cm³/mol. The molecule has 0 saturated heterocycles. The summed E-state index contributed by atoms with van der Waals surface area (Å²) in [5, 5.41) is 0. The van der Waals surface area contributed by atoms with E-state index in [1.807, 2.05) is 12.1 Å². The molecule has 2 aromatic carbocycles. The Bertz CT molecular complexity index is 747. The van der Waals surface area contributed by atoms with E-state index in [0.29, 0.717) is 23.5 Å². The largest absolute Gasteiger partial charge is 0.493 e. The van der Waals surface area contributed by atoms with Crippen molar-refractivity contribution < 1.29 is 19.1 Å².